The van der Waals surface area contributed by atoms with Gasteiger partial charge in [0.2, 0.25) is 0 Å². The third-order valence-corrected chi connectivity index (χ3v) is 5.84. The maximum Gasteiger partial charge on any atom is 0.338 e. The van der Waals surface area contributed by atoms with Crippen LogP contribution in [0.4, 0.5) is 14.5 Å². The summed E-state index contributed by atoms with van der Waals surface area (Å²) in [5.41, 5.74) is -0.429. The lowest BCUT2D eigenvalue weighted by molar-refractivity contribution is 0.0691. The molecule has 11 heteroatoms. The molecule has 1 heterocycles. The topological polar surface area (TPSA) is 106 Å². The third-order valence-electron chi connectivity index (χ3n) is 3.68. The van der Waals surface area contributed by atoms with E-state index in [-0.39, 0.29) is 21.5 Å². The third kappa shape index (κ3) is 4.73. The van der Waals surface area contributed by atoms with Crippen molar-refractivity contribution in [2.45, 2.75) is 5.03 Å². The number of carbonyl (C=O) groups is 1. The zero-order valence-corrected chi connectivity index (χ0v) is 16.8. The fourth-order valence-corrected chi connectivity index (χ4v) is 4.26. The van der Waals surface area contributed by atoms with Crippen LogP contribution in [0.25, 0.3) is 0 Å². The number of hydrogen-bond acceptors (Lipinski definition) is 6. The highest BCUT2D eigenvalue weighted by atomic mass is 32.2. The summed E-state index contributed by atoms with van der Waals surface area (Å²) in [6.07, 6.45) is 0. The van der Waals surface area contributed by atoms with E-state index in [1.54, 1.807) is 0 Å². The zero-order valence-electron chi connectivity index (χ0n) is 15.1. The van der Waals surface area contributed by atoms with Crippen molar-refractivity contribution in [3.05, 3.63) is 69.5 Å². The Morgan fingerprint density at radius 3 is 2.53 bits per heavy atom. The van der Waals surface area contributed by atoms with Crippen molar-refractivity contribution in [1.82, 2.24) is 4.98 Å². The van der Waals surface area contributed by atoms with Crippen LogP contribution in [0.15, 0.2) is 46.8 Å². The van der Waals surface area contributed by atoms with Gasteiger partial charge in [0.1, 0.15) is 17.4 Å². The largest absolute Gasteiger partial charge is 0.495 e. The van der Waals surface area contributed by atoms with Gasteiger partial charge in [-0.2, -0.15) is 8.42 Å². The lowest BCUT2D eigenvalue weighted by Gasteiger charge is -2.12. The SMILES string of the molecule is COc1cc(C(=O)O)c(F)cc1NS(=O)(=O)c1csc(C#Cc2ccc(F)cc2)n1. The molecule has 0 aliphatic heterocycles. The van der Waals surface area contributed by atoms with Gasteiger partial charge in [0.15, 0.2) is 10.0 Å². The van der Waals surface area contributed by atoms with Gasteiger partial charge in [-0.15, -0.1) is 11.3 Å². The molecule has 0 aliphatic rings. The van der Waals surface area contributed by atoms with E-state index in [9.17, 15) is 22.0 Å². The number of ether oxygens (including phenoxy) is 1. The highest BCUT2D eigenvalue weighted by molar-refractivity contribution is 7.92. The van der Waals surface area contributed by atoms with E-state index in [4.69, 9.17) is 9.84 Å². The minimum atomic E-state index is -4.23. The lowest BCUT2D eigenvalue weighted by Crippen LogP contribution is -2.15. The van der Waals surface area contributed by atoms with E-state index in [1.165, 1.54) is 36.8 Å². The van der Waals surface area contributed by atoms with Gasteiger partial charge in [0.05, 0.1) is 18.4 Å². The van der Waals surface area contributed by atoms with Gasteiger partial charge < -0.3 is 9.84 Å². The molecule has 2 aromatic carbocycles. The summed E-state index contributed by atoms with van der Waals surface area (Å²) in [6.45, 7) is 0. The smallest absolute Gasteiger partial charge is 0.338 e. The normalized spacial score (nSPS) is 10.8. The van der Waals surface area contributed by atoms with Gasteiger partial charge >= 0.3 is 5.97 Å². The maximum atomic E-state index is 14.0. The minimum Gasteiger partial charge on any atom is -0.495 e. The van der Waals surface area contributed by atoms with E-state index in [1.807, 2.05) is 0 Å². The molecule has 7 nitrogen and oxygen atoms in total. The number of hydrogen-bond donors (Lipinski definition) is 2. The van der Waals surface area contributed by atoms with Crippen LogP contribution < -0.4 is 9.46 Å². The number of sulfonamides is 1. The Morgan fingerprint density at radius 1 is 1.20 bits per heavy atom. The second-order valence-corrected chi connectivity index (χ2v) is 8.18. The number of aromatic carboxylic acids is 1. The van der Waals surface area contributed by atoms with Crippen LogP contribution in [0.1, 0.15) is 20.9 Å². The molecule has 3 rings (SSSR count). The van der Waals surface area contributed by atoms with E-state index >= 15 is 0 Å². The molecule has 0 spiro atoms. The molecule has 0 unspecified atom stereocenters. The van der Waals surface area contributed by atoms with Crippen molar-refractivity contribution < 1.29 is 31.8 Å². The van der Waals surface area contributed by atoms with Gasteiger partial charge in [-0.05, 0) is 36.3 Å². The zero-order chi connectivity index (χ0) is 21.9. The molecule has 2 N–H and O–H groups in total. The lowest BCUT2D eigenvalue weighted by atomic mass is 10.2. The molecule has 3 aromatic rings. The summed E-state index contributed by atoms with van der Waals surface area (Å²) in [6, 6.07) is 7.01. The number of nitrogens with zero attached hydrogens (tertiary/aromatic N) is 1. The second kappa shape index (κ2) is 8.48. The predicted octanol–water partition coefficient (Wildman–Crippen LogP) is 3.33. The number of methoxy groups -OCH3 is 1. The van der Waals surface area contributed by atoms with Crippen molar-refractivity contribution in [1.29, 1.82) is 0 Å². The summed E-state index contributed by atoms with van der Waals surface area (Å²) < 4.78 is 59.1. The number of anilines is 1. The minimum absolute atomic E-state index is 0.177. The van der Waals surface area contributed by atoms with Crippen LogP contribution in [0.3, 0.4) is 0 Å². The molecule has 0 saturated heterocycles. The monoisotopic (exact) mass is 450 g/mol. The highest BCUT2D eigenvalue weighted by Crippen LogP contribution is 2.30. The molecule has 0 aliphatic carbocycles. The molecule has 30 heavy (non-hydrogen) atoms. The van der Waals surface area contributed by atoms with E-state index in [0.717, 1.165) is 17.4 Å². The van der Waals surface area contributed by atoms with Crippen LogP contribution >= 0.6 is 11.3 Å². The Bertz CT molecular complexity index is 1280. The summed E-state index contributed by atoms with van der Waals surface area (Å²) >= 11 is 0.968. The quantitative estimate of drug-likeness (QED) is 0.578. The van der Waals surface area contributed by atoms with Crippen molar-refractivity contribution in [3.8, 4) is 17.6 Å². The Kier molecular flexibility index (Phi) is 6.00. The summed E-state index contributed by atoms with van der Waals surface area (Å²) in [7, 11) is -3.04. The van der Waals surface area contributed by atoms with Gasteiger partial charge in [-0.3, -0.25) is 4.72 Å². The summed E-state index contributed by atoms with van der Waals surface area (Å²) in [5.74, 6) is 2.18. The fraction of sp³-hybridized carbons (Fsp3) is 0.0526. The van der Waals surface area contributed by atoms with Crippen LogP contribution in [0.5, 0.6) is 5.75 Å². The Labute approximate surface area is 174 Å². The highest BCUT2D eigenvalue weighted by Gasteiger charge is 2.22. The number of nitrogens with one attached hydrogen (secondary N) is 1. The van der Waals surface area contributed by atoms with Crippen molar-refractivity contribution in [2.24, 2.45) is 0 Å². The van der Waals surface area contributed by atoms with Gasteiger partial charge in [0.25, 0.3) is 10.0 Å². The summed E-state index contributed by atoms with van der Waals surface area (Å²) in [4.78, 5) is 14.9. The number of benzene rings is 2. The number of carboxylic acids is 1. The Hall–Kier alpha value is -3.49. The molecule has 0 saturated carbocycles. The number of aromatic nitrogens is 1. The molecular formula is C19H12F2N2O5S2. The molecular weight excluding hydrogens is 438 g/mol. The van der Waals surface area contributed by atoms with Crippen LogP contribution in [0, 0.1) is 23.5 Å². The standard InChI is InChI=1S/C19H12F2N2O5S2/c1-28-16-8-13(19(24)25)14(21)9-15(16)23-30(26,27)18-10-29-17(22-18)7-4-11-2-5-12(20)6-3-11/h2-3,5-6,8-10,23H,1H3,(H,24,25). The Balaban J connectivity index is 1.86. The van der Waals surface area contributed by atoms with E-state index in [0.29, 0.717) is 11.6 Å². The van der Waals surface area contributed by atoms with Gasteiger partial charge in [0, 0.05) is 17.0 Å². The van der Waals surface area contributed by atoms with Crippen LogP contribution in [-0.2, 0) is 10.0 Å². The van der Waals surface area contributed by atoms with Crippen molar-refractivity contribution >= 4 is 33.0 Å². The average molecular weight is 450 g/mol. The molecule has 0 atom stereocenters. The molecule has 0 radical (unpaired) electrons. The molecule has 154 valence electrons. The Morgan fingerprint density at radius 2 is 1.90 bits per heavy atom. The number of rotatable bonds is 5. The number of thiazole rings is 1. The van der Waals surface area contributed by atoms with Gasteiger partial charge in [-0.25, -0.2) is 18.6 Å². The predicted molar refractivity (Wildman–Crippen MR) is 105 cm³/mol. The van der Waals surface area contributed by atoms with E-state index in [2.05, 4.69) is 21.5 Å². The summed E-state index contributed by atoms with van der Waals surface area (Å²) in [5, 5.41) is 10.0. The first-order chi connectivity index (χ1) is 14.2. The first-order valence-electron chi connectivity index (χ1n) is 8.06. The maximum absolute atomic E-state index is 14.0. The first-order valence-corrected chi connectivity index (χ1v) is 10.4. The molecule has 0 amide bonds. The molecule has 0 bridgehead atoms. The fourth-order valence-electron chi connectivity index (χ4n) is 2.26. The van der Waals surface area contributed by atoms with Crippen molar-refractivity contribution in [2.75, 3.05) is 11.8 Å². The number of carboxylic acid groups (broad SMARTS) is 1. The van der Waals surface area contributed by atoms with E-state index < -0.39 is 33.2 Å². The van der Waals surface area contributed by atoms with Gasteiger partial charge in [-0.1, -0.05) is 5.92 Å². The number of halogens is 2. The van der Waals surface area contributed by atoms with Crippen LogP contribution in [0.2, 0.25) is 0 Å². The first kappa shape index (κ1) is 21.2. The van der Waals surface area contributed by atoms with Crippen molar-refractivity contribution in [3.63, 3.8) is 0 Å². The van der Waals surface area contributed by atoms with Crippen LogP contribution in [-0.4, -0.2) is 31.6 Å². The molecule has 1 aromatic heterocycles. The molecule has 0 fully saturated rings. The average Bonchev–Trinajstić information content (AvgIpc) is 3.17. The second-order valence-electron chi connectivity index (χ2n) is 5.69.